The summed E-state index contributed by atoms with van der Waals surface area (Å²) in [6, 6.07) is 8.05. The zero-order valence-electron chi connectivity index (χ0n) is 6.34. The van der Waals surface area contributed by atoms with Crippen molar-refractivity contribution in [3.8, 4) is 0 Å². The van der Waals surface area contributed by atoms with Gasteiger partial charge in [0.15, 0.2) is 0 Å². The topological polar surface area (TPSA) is 53.6 Å². The molecule has 1 aromatic carbocycles. The molecule has 3 nitrogen and oxygen atoms in total. The molecule has 0 atom stereocenters. The van der Waals surface area contributed by atoms with Gasteiger partial charge in [-0.05, 0) is 0 Å². The van der Waals surface area contributed by atoms with E-state index < -0.39 is 0 Å². The lowest BCUT2D eigenvalue weighted by Crippen LogP contribution is -1.75. The Bertz CT molecular complexity index is 301. The molecule has 0 aliphatic rings. The van der Waals surface area contributed by atoms with Crippen LogP contribution in [-0.4, -0.2) is 17.7 Å². The van der Waals surface area contributed by atoms with Crippen LogP contribution in [-0.2, 0) is 0 Å². The Morgan fingerprint density at radius 2 is 1.42 bits per heavy atom. The van der Waals surface area contributed by atoms with Gasteiger partial charge in [0.05, 0.1) is 12.5 Å². The van der Waals surface area contributed by atoms with Crippen LogP contribution in [0.15, 0.2) is 41.2 Å². The number of hydrogen-bond donors (Lipinski definition) is 2. The van der Waals surface area contributed by atoms with Crippen molar-refractivity contribution in [1.82, 2.24) is 0 Å². The van der Waals surface area contributed by atoms with E-state index in [4.69, 9.17) is 14.5 Å². The fourth-order valence-corrected chi connectivity index (χ4v) is 0.906. The fraction of sp³-hybridized carbons (Fsp3) is 0. The second-order valence-corrected chi connectivity index (χ2v) is 2.12. The largest absolute Gasteiger partial charge is 0.482 e. The van der Waals surface area contributed by atoms with Gasteiger partial charge in [0.2, 0.25) is 0 Å². The van der Waals surface area contributed by atoms with Gasteiger partial charge in [-0.3, -0.25) is 0 Å². The van der Waals surface area contributed by atoms with Crippen LogP contribution in [0.2, 0.25) is 0 Å². The van der Waals surface area contributed by atoms with E-state index >= 15 is 0 Å². The average Bonchev–Trinajstić information content (AvgIpc) is 2.52. The lowest BCUT2D eigenvalue weighted by atomic mass is 10.2. The highest BCUT2D eigenvalue weighted by atomic mass is 16.4. The van der Waals surface area contributed by atoms with E-state index in [0.717, 1.165) is 10.8 Å². The van der Waals surface area contributed by atoms with Crippen molar-refractivity contribution in [2.45, 2.75) is 0 Å². The number of benzene rings is 1. The molecule has 2 aromatic rings. The predicted molar refractivity (Wildman–Crippen MR) is 46.4 cm³/mol. The Labute approximate surface area is 70.6 Å². The van der Waals surface area contributed by atoms with Crippen LogP contribution < -0.4 is 0 Å². The normalized spacial score (nSPS) is 8.83. The highest BCUT2D eigenvalue weighted by molar-refractivity contribution is 6.13. The third kappa shape index (κ3) is 2.12. The Morgan fingerprint density at radius 1 is 1.00 bits per heavy atom. The number of rotatable bonds is 0. The van der Waals surface area contributed by atoms with E-state index in [1.165, 1.54) is 0 Å². The molecule has 0 spiro atoms. The van der Waals surface area contributed by atoms with E-state index in [9.17, 15) is 0 Å². The molecule has 1 radical (unpaired) electrons. The summed E-state index contributed by atoms with van der Waals surface area (Å²) >= 11 is 0. The van der Waals surface area contributed by atoms with Crippen molar-refractivity contribution >= 4 is 18.5 Å². The first-order valence-electron chi connectivity index (χ1n) is 3.39. The first-order valence-corrected chi connectivity index (χ1v) is 3.39. The number of fused-ring (bicyclic) bond motifs is 1. The summed E-state index contributed by atoms with van der Waals surface area (Å²) < 4.78 is 4.96. The van der Waals surface area contributed by atoms with Gasteiger partial charge in [-0.1, -0.05) is 24.3 Å². The van der Waals surface area contributed by atoms with Crippen LogP contribution in [0.5, 0.6) is 0 Å². The minimum atomic E-state index is 0. The summed E-state index contributed by atoms with van der Waals surface area (Å²) in [6.45, 7) is 0. The lowest BCUT2D eigenvalue weighted by molar-refractivity contribution is 0.448. The van der Waals surface area contributed by atoms with Gasteiger partial charge in [-0.2, -0.15) is 0 Å². The molecular formula is C8H8BO3. The maximum absolute atomic E-state index is 7.00. The fourth-order valence-electron chi connectivity index (χ4n) is 0.906. The van der Waals surface area contributed by atoms with Gasteiger partial charge in [0.1, 0.15) is 0 Å². The van der Waals surface area contributed by atoms with E-state index in [0.29, 0.717) is 0 Å². The monoisotopic (exact) mass is 163 g/mol. The zero-order valence-corrected chi connectivity index (χ0v) is 6.34. The third-order valence-corrected chi connectivity index (χ3v) is 1.39. The van der Waals surface area contributed by atoms with Crippen molar-refractivity contribution in [2.75, 3.05) is 0 Å². The SMILES string of the molecule is O[B]O.c1ccc2cocc2c1. The second kappa shape index (κ2) is 4.59. The van der Waals surface area contributed by atoms with Crippen molar-refractivity contribution in [3.05, 3.63) is 36.8 Å². The molecule has 4 heteroatoms. The lowest BCUT2D eigenvalue weighted by Gasteiger charge is -1.80. The van der Waals surface area contributed by atoms with Crippen molar-refractivity contribution in [3.63, 3.8) is 0 Å². The standard InChI is InChI=1S/C8H6O.BH2O2/c1-2-4-8-6-9-5-7(8)3-1;2-1-3/h1-6H;2-3H. The highest BCUT2D eigenvalue weighted by Crippen LogP contribution is 2.12. The molecule has 0 bridgehead atoms. The molecule has 0 aliphatic carbocycles. The molecule has 2 rings (SSSR count). The van der Waals surface area contributed by atoms with Gasteiger partial charge in [-0.15, -0.1) is 0 Å². The Balaban J connectivity index is 0.000000213. The predicted octanol–water partition coefficient (Wildman–Crippen LogP) is 0.938. The van der Waals surface area contributed by atoms with Crippen LogP contribution >= 0.6 is 0 Å². The molecule has 0 saturated carbocycles. The Kier molecular flexibility index (Phi) is 3.38. The molecule has 0 unspecified atom stereocenters. The summed E-state index contributed by atoms with van der Waals surface area (Å²) in [5, 5.41) is 16.3. The van der Waals surface area contributed by atoms with Crippen molar-refractivity contribution < 1.29 is 14.5 Å². The molecule has 61 valence electrons. The van der Waals surface area contributed by atoms with Crippen LogP contribution in [0.4, 0.5) is 0 Å². The molecule has 0 aliphatic heterocycles. The van der Waals surface area contributed by atoms with E-state index in [1.807, 2.05) is 24.3 Å². The van der Waals surface area contributed by atoms with Gasteiger partial charge in [-0.25, -0.2) is 0 Å². The van der Waals surface area contributed by atoms with Crippen LogP contribution in [0.3, 0.4) is 0 Å². The zero-order chi connectivity index (χ0) is 8.81. The smallest absolute Gasteiger partial charge is 0.471 e. The summed E-state index contributed by atoms with van der Waals surface area (Å²) in [6.07, 6.45) is 3.49. The third-order valence-electron chi connectivity index (χ3n) is 1.39. The minimum absolute atomic E-state index is 0. The van der Waals surface area contributed by atoms with Crippen molar-refractivity contribution in [1.29, 1.82) is 0 Å². The van der Waals surface area contributed by atoms with Gasteiger partial charge >= 0.3 is 7.69 Å². The van der Waals surface area contributed by atoms with Crippen molar-refractivity contribution in [2.24, 2.45) is 0 Å². The molecule has 1 aromatic heterocycles. The summed E-state index contributed by atoms with van der Waals surface area (Å²) in [7, 11) is 0. The second-order valence-electron chi connectivity index (χ2n) is 2.12. The summed E-state index contributed by atoms with van der Waals surface area (Å²) in [4.78, 5) is 0. The maximum Gasteiger partial charge on any atom is 0.482 e. The van der Waals surface area contributed by atoms with Gasteiger partial charge in [0, 0.05) is 10.8 Å². The highest BCUT2D eigenvalue weighted by Gasteiger charge is 1.89. The average molecular weight is 163 g/mol. The molecule has 1 heterocycles. The number of hydrogen-bond acceptors (Lipinski definition) is 3. The van der Waals surface area contributed by atoms with E-state index in [-0.39, 0.29) is 7.69 Å². The summed E-state index contributed by atoms with van der Waals surface area (Å²) in [5.41, 5.74) is 0. The van der Waals surface area contributed by atoms with Gasteiger partial charge in [0.25, 0.3) is 0 Å². The van der Waals surface area contributed by atoms with E-state index in [1.54, 1.807) is 12.5 Å². The number of furan rings is 1. The Hall–Kier alpha value is -1.26. The molecule has 12 heavy (non-hydrogen) atoms. The van der Waals surface area contributed by atoms with Crippen LogP contribution in [0.25, 0.3) is 10.8 Å². The molecular weight excluding hydrogens is 155 g/mol. The minimum Gasteiger partial charge on any atom is -0.471 e. The van der Waals surface area contributed by atoms with Crippen LogP contribution in [0.1, 0.15) is 0 Å². The quantitative estimate of drug-likeness (QED) is 0.568. The first-order chi connectivity index (χ1) is 5.88. The first kappa shape index (κ1) is 8.84. The van der Waals surface area contributed by atoms with Gasteiger partial charge < -0.3 is 14.5 Å². The molecule has 0 fully saturated rings. The molecule has 0 amide bonds. The van der Waals surface area contributed by atoms with Crippen LogP contribution in [0, 0.1) is 0 Å². The summed E-state index contributed by atoms with van der Waals surface area (Å²) in [5.74, 6) is 0. The Morgan fingerprint density at radius 3 is 1.83 bits per heavy atom. The maximum atomic E-state index is 7.00. The van der Waals surface area contributed by atoms with E-state index in [2.05, 4.69) is 0 Å². The molecule has 2 N–H and O–H groups in total. The molecule has 0 saturated heterocycles.